The van der Waals surface area contributed by atoms with Crippen molar-refractivity contribution >= 4 is 28.9 Å². The van der Waals surface area contributed by atoms with Gasteiger partial charge in [0, 0.05) is 18.5 Å². The Bertz CT molecular complexity index is 760. The van der Waals surface area contributed by atoms with E-state index in [9.17, 15) is 14.0 Å². The summed E-state index contributed by atoms with van der Waals surface area (Å²) in [5.41, 5.74) is 8.19. The van der Waals surface area contributed by atoms with Crippen LogP contribution in [0.1, 0.15) is 37.7 Å². The number of halogens is 1. The smallest absolute Gasteiger partial charge is 0.224 e. The Morgan fingerprint density at radius 2 is 1.54 bits per heavy atom. The number of nitrogens with two attached hydrogens (primary N) is 1. The molecule has 0 aliphatic heterocycles. The zero-order valence-corrected chi connectivity index (χ0v) is 14.8. The molecule has 0 saturated carbocycles. The molecule has 0 atom stereocenters. The van der Waals surface area contributed by atoms with E-state index in [-0.39, 0.29) is 17.5 Å². The molecule has 4 N–H and O–H groups in total. The summed E-state index contributed by atoms with van der Waals surface area (Å²) in [7, 11) is 0. The lowest BCUT2D eigenvalue weighted by Crippen LogP contribution is -2.13. The third kappa shape index (κ3) is 6.55. The fraction of sp³-hybridized carbons (Fsp3) is 0.300. The molecule has 138 valence electrons. The highest BCUT2D eigenvalue weighted by atomic mass is 19.1. The lowest BCUT2D eigenvalue weighted by Gasteiger charge is -2.08. The lowest BCUT2D eigenvalue weighted by molar-refractivity contribution is -0.116. The average Bonchev–Trinajstić information content (AvgIpc) is 2.59. The van der Waals surface area contributed by atoms with Crippen LogP contribution in [0.25, 0.3) is 0 Å². The first-order valence-electron chi connectivity index (χ1n) is 8.65. The minimum atomic E-state index is -0.440. The van der Waals surface area contributed by atoms with E-state index in [1.165, 1.54) is 18.2 Å². The molecule has 2 amide bonds. The van der Waals surface area contributed by atoms with E-state index >= 15 is 0 Å². The van der Waals surface area contributed by atoms with Crippen LogP contribution in [0.15, 0.2) is 42.5 Å². The molecule has 0 bridgehead atoms. The highest BCUT2D eigenvalue weighted by molar-refractivity contribution is 5.93. The Balaban J connectivity index is 1.61. The Morgan fingerprint density at radius 3 is 2.15 bits per heavy atom. The molecule has 2 aromatic rings. The van der Waals surface area contributed by atoms with Crippen molar-refractivity contribution in [1.29, 1.82) is 0 Å². The van der Waals surface area contributed by atoms with Crippen LogP contribution in [0.4, 0.5) is 21.5 Å². The minimum Gasteiger partial charge on any atom is -0.397 e. The molecule has 2 aromatic carbocycles. The normalized spacial score (nSPS) is 10.4. The Labute approximate surface area is 152 Å². The number of nitrogen functional groups attached to an aromatic ring is 1. The second-order valence-electron chi connectivity index (χ2n) is 6.25. The molecule has 0 radical (unpaired) electrons. The van der Waals surface area contributed by atoms with Crippen LogP contribution >= 0.6 is 0 Å². The van der Waals surface area contributed by atoms with Crippen LogP contribution in [-0.2, 0) is 9.59 Å². The summed E-state index contributed by atoms with van der Waals surface area (Å²) in [5, 5.41) is 5.51. The van der Waals surface area contributed by atoms with Crippen LogP contribution in [0.5, 0.6) is 0 Å². The number of amides is 2. The molecule has 0 fully saturated rings. The van der Waals surface area contributed by atoms with Crippen molar-refractivity contribution in [1.82, 2.24) is 0 Å². The van der Waals surface area contributed by atoms with Gasteiger partial charge in [0.05, 0.1) is 11.4 Å². The SMILES string of the molecule is Cc1ccc(NC(=O)CCCCCC(=O)Nc2ccc(F)cc2N)cc1. The molecule has 2 rings (SSSR count). The van der Waals surface area contributed by atoms with Crippen LogP contribution in [0.3, 0.4) is 0 Å². The molecule has 0 aliphatic rings. The number of nitrogens with one attached hydrogen (secondary N) is 2. The van der Waals surface area contributed by atoms with Crippen molar-refractivity contribution in [2.75, 3.05) is 16.4 Å². The average molecular weight is 357 g/mol. The first-order chi connectivity index (χ1) is 12.4. The molecular weight excluding hydrogens is 333 g/mol. The minimum absolute atomic E-state index is 0.0302. The molecule has 6 heteroatoms. The second-order valence-corrected chi connectivity index (χ2v) is 6.25. The molecule has 0 saturated heterocycles. The number of aryl methyl sites for hydroxylation is 1. The van der Waals surface area contributed by atoms with Crippen LogP contribution in [-0.4, -0.2) is 11.8 Å². The highest BCUT2D eigenvalue weighted by Crippen LogP contribution is 2.19. The van der Waals surface area contributed by atoms with Crippen LogP contribution in [0, 0.1) is 12.7 Å². The summed E-state index contributed by atoms with van der Waals surface area (Å²) in [6, 6.07) is 11.5. The van der Waals surface area contributed by atoms with Crippen LogP contribution < -0.4 is 16.4 Å². The summed E-state index contributed by atoms with van der Waals surface area (Å²) in [5.74, 6) is -0.644. The number of benzene rings is 2. The zero-order chi connectivity index (χ0) is 18.9. The number of carbonyl (C=O) groups is 2. The number of hydrogen-bond donors (Lipinski definition) is 3. The van der Waals surface area contributed by atoms with E-state index < -0.39 is 5.82 Å². The van der Waals surface area contributed by atoms with Gasteiger partial charge in [0.2, 0.25) is 11.8 Å². The van der Waals surface area contributed by atoms with Gasteiger partial charge in [-0.1, -0.05) is 24.1 Å². The van der Waals surface area contributed by atoms with Crippen molar-refractivity contribution in [3.63, 3.8) is 0 Å². The number of anilines is 3. The van der Waals surface area contributed by atoms with Gasteiger partial charge in [-0.15, -0.1) is 0 Å². The quantitative estimate of drug-likeness (QED) is 0.488. The lowest BCUT2D eigenvalue weighted by atomic mass is 10.1. The van der Waals surface area contributed by atoms with Gasteiger partial charge in [0.1, 0.15) is 5.82 Å². The molecule has 26 heavy (non-hydrogen) atoms. The third-order valence-electron chi connectivity index (χ3n) is 3.93. The summed E-state index contributed by atoms with van der Waals surface area (Å²) in [4.78, 5) is 23.7. The topological polar surface area (TPSA) is 84.2 Å². The van der Waals surface area contributed by atoms with Crippen molar-refractivity contribution in [3.8, 4) is 0 Å². The summed E-state index contributed by atoms with van der Waals surface area (Å²) in [6.45, 7) is 1.99. The molecular formula is C20H24FN3O2. The predicted molar refractivity (Wildman–Crippen MR) is 102 cm³/mol. The number of unbranched alkanes of at least 4 members (excludes halogenated alkanes) is 2. The first kappa shape index (κ1) is 19.4. The zero-order valence-electron chi connectivity index (χ0n) is 14.8. The van der Waals surface area contributed by atoms with Crippen molar-refractivity contribution in [3.05, 3.63) is 53.8 Å². The molecule has 0 spiro atoms. The van der Waals surface area contributed by atoms with E-state index in [0.717, 1.165) is 17.7 Å². The van der Waals surface area contributed by atoms with Crippen molar-refractivity contribution in [2.45, 2.75) is 39.0 Å². The highest BCUT2D eigenvalue weighted by Gasteiger charge is 2.07. The van der Waals surface area contributed by atoms with Crippen LogP contribution in [0.2, 0.25) is 0 Å². The van der Waals surface area contributed by atoms with Crippen molar-refractivity contribution < 1.29 is 14.0 Å². The molecule has 0 aliphatic carbocycles. The van der Waals surface area contributed by atoms with Gasteiger partial charge < -0.3 is 16.4 Å². The predicted octanol–water partition coefficient (Wildman–Crippen LogP) is 4.24. The monoisotopic (exact) mass is 357 g/mol. The largest absolute Gasteiger partial charge is 0.397 e. The Morgan fingerprint density at radius 1 is 0.923 bits per heavy atom. The van der Waals surface area contributed by atoms with E-state index in [1.807, 2.05) is 31.2 Å². The van der Waals surface area contributed by atoms with Gasteiger partial charge in [-0.05, 0) is 50.1 Å². The molecule has 0 unspecified atom stereocenters. The molecule has 0 heterocycles. The van der Waals surface area contributed by atoms with E-state index in [0.29, 0.717) is 31.4 Å². The van der Waals surface area contributed by atoms with Gasteiger partial charge >= 0.3 is 0 Å². The Hall–Kier alpha value is -2.89. The van der Waals surface area contributed by atoms with Gasteiger partial charge in [-0.2, -0.15) is 0 Å². The second kappa shape index (κ2) is 9.56. The summed E-state index contributed by atoms with van der Waals surface area (Å²) >= 11 is 0. The first-order valence-corrected chi connectivity index (χ1v) is 8.65. The maximum atomic E-state index is 13.0. The fourth-order valence-electron chi connectivity index (χ4n) is 2.47. The Kier molecular flexibility index (Phi) is 7.14. The van der Waals surface area contributed by atoms with E-state index in [4.69, 9.17) is 5.73 Å². The third-order valence-corrected chi connectivity index (χ3v) is 3.93. The fourth-order valence-corrected chi connectivity index (χ4v) is 2.47. The van der Waals surface area contributed by atoms with Gasteiger partial charge in [-0.3, -0.25) is 9.59 Å². The van der Waals surface area contributed by atoms with E-state index in [1.54, 1.807) is 0 Å². The standard InChI is InChI=1S/C20H24FN3O2/c1-14-7-10-16(11-8-14)23-19(25)5-3-2-4-6-20(26)24-18-12-9-15(21)13-17(18)22/h7-13H,2-6,22H2,1H3,(H,23,25)(H,24,26). The maximum Gasteiger partial charge on any atom is 0.224 e. The van der Waals surface area contributed by atoms with Gasteiger partial charge in [0.15, 0.2) is 0 Å². The van der Waals surface area contributed by atoms with Gasteiger partial charge in [0.25, 0.3) is 0 Å². The summed E-state index contributed by atoms with van der Waals surface area (Å²) < 4.78 is 13.0. The van der Waals surface area contributed by atoms with E-state index in [2.05, 4.69) is 10.6 Å². The maximum absolute atomic E-state index is 13.0. The number of hydrogen-bond acceptors (Lipinski definition) is 3. The number of carbonyl (C=O) groups excluding carboxylic acids is 2. The molecule has 5 nitrogen and oxygen atoms in total. The number of rotatable bonds is 8. The summed E-state index contributed by atoms with van der Waals surface area (Å²) in [6.07, 6.45) is 2.90. The molecule has 0 aromatic heterocycles. The van der Waals surface area contributed by atoms with Gasteiger partial charge in [-0.25, -0.2) is 4.39 Å². The van der Waals surface area contributed by atoms with Crippen molar-refractivity contribution in [2.24, 2.45) is 0 Å².